The second kappa shape index (κ2) is 9.23. The van der Waals surface area contributed by atoms with Gasteiger partial charge in [0.2, 0.25) is 0 Å². The van der Waals surface area contributed by atoms with Crippen molar-refractivity contribution in [3.63, 3.8) is 0 Å². The van der Waals surface area contributed by atoms with Gasteiger partial charge in [0, 0.05) is 13.0 Å². The summed E-state index contributed by atoms with van der Waals surface area (Å²) in [5.41, 5.74) is 2.84. The first-order chi connectivity index (χ1) is 14.0. The number of hydrogen-bond donors (Lipinski definition) is 0. The molecule has 1 heterocycles. The van der Waals surface area contributed by atoms with Crippen molar-refractivity contribution in [2.24, 2.45) is 0 Å². The highest BCUT2D eigenvalue weighted by molar-refractivity contribution is 5.87. The third-order valence-electron chi connectivity index (χ3n) is 4.84. The molecule has 152 valence electrons. The lowest BCUT2D eigenvalue weighted by atomic mass is 9.94. The van der Waals surface area contributed by atoms with Crippen molar-refractivity contribution in [1.82, 2.24) is 4.90 Å². The van der Waals surface area contributed by atoms with Gasteiger partial charge in [-0.15, -0.1) is 0 Å². The van der Waals surface area contributed by atoms with Crippen LogP contribution in [0.25, 0.3) is 0 Å². The van der Waals surface area contributed by atoms with Gasteiger partial charge < -0.3 is 19.1 Å². The van der Waals surface area contributed by atoms with Gasteiger partial charge in [-0.1, -0.05) is 42.5 Å². The van der Waals surface area contributed by atoms with Gasteiger partial charge in [-0.3, -0.25) is 4.79 Å². The fraction of sp³-hybridized carbons (Fsp3) is 0.318. The standard InChI is InChI=1S/C22H23NO6/c1-15-7-3-6-10-19(15)28-14-21(25)29-13-20(24)23-12-17-9-5-4-8-16(17)11-18(23)22(26)27-2/h3-10,18H,11-14H2,1-2H3/t18-/m0/s1. The molecule has 0 bridgehead atoms. The van der Waals surface area contributed by atoms with Crippen LogP contribution < -0.4 is 4.74 Å². The summed E-state index contributed by atoms with van der Waals surface area (Å²) in [5.74, 6) is -1.04. The molecule has 0 fully saturated rings. The number of methoxy groups -OCH3 is 1. The molecule has 2 aromatic carbocycles. The van der Waals surface area contributed by atoms with E-state index in [0.717, 1.165) is 16.7 Å². The molecule has 1 amide bonds. The van der Waals surface area contributed by atoms with Crippen molar-refractivity contribution in [2.75, 3.05) is 20.3 Å². The van der Waals surface area contributed by atoms with Crippen LogP contribution in [0.1, 0.15) is 16.7 Å². The van der Waals surface area contributed by atoms with Crippen molar-refractivity contribution >= 4 is 17.8 Å². The smallest absolute Gasteiger partial charge is 0.344 e. The maximum atomic E-state index is 12.7. The number of esters is 2. The Morgan fingerprint density at radius 3 is 2.41 bits per heavy atom. The Morgan fingerprint density at radius 1 is 1.00 bits per heavy atom. The number of amides is 1. The molecule has 0 saturated heterocycles. The third-order valence-corrected chi connectivity index (χ3v) is 4.84. The summed E-state index contributed by atoms with van der Waals surface area (Å²) in [7, 11) is 1.29. The first-order valence-corrected chi connectivity index (χ1v) is 9.27. The summed E-state index contributed by atoms with van der Waals surface area (Å²) < 4.78 is 15.3. The van der Waals surface area contributed by atoms with Crippen molar-refractivity contribution in [2.45, 2.75) is 25.9 Å². The van der Waals surface area contributed by atoms with Crippen LogP contribution in [0.5, 0.6) is 5.75 Å². The lowest BCUT2D eigenvalue weighted by Gasteiger charge is -2.35. The Balaban J connectivity index is 1.59. The van der Waals surface area contributed by atoms with E-state index in [1.165, 1.54) is 12.0 Å². The van der Waals surface area contributed by atoms with E-state index < -0.39 is 30.5 Å². The average Bonchev–Trinajstić information content (AvgIpc) is 2.75. The van der Waals surface area contributed by atoms with Crippen LogP contribution in [0.15, 0.2) is 48.5 Å². The second-order valence-electron chi connectivity index (χ2n) is 6.75. The molecule has 3 rings (SSSR count). The van der Waals surface area contributed by atoms with Gasteiger partial charge in [-0.05, 0) is 29.7 Å². The number of rotatable bonds is 6. The van der Waals surface area contributed by atoms with Gasteiger partial charge in [0.25, 0.3) is 5.91 Å². The molecule has 0 aromatic heterocycles. The topological polar surface area (TPSA) is 82.1 Å². The minimum Gasteiger partial charge on any atom is -0.482 e. The zero-order valence-electron chi connectivity index (χ0n) is 16.4. The Kier molecular flexibility index (Phi) is 6.49. The lowest BCUT2D eigenvalue weighted by Crippen LogP contribution is -2.50. The summed E-state index contributed by atoms with van der Waals surface area (Å²) in [4.78, 5) is 38.2. The number of ether oxygens (including phenoxy) is 3. The number of benzene rings is 2. The van der Waals surface area contributed by atoms with Crippen LogP contribution in [0.4, 0.5) is 0 Å². The number of aryl methyl sites for hydroxylation is 1. The van der Waals surface area contributed by atoms with Gasteiger partial charge in [-0.2, -0.15) is 0 Å². The molecule has 0 spiro atoms. The first-order valence-electron chi connectivity index (χ1n) is 9.27. The largest absolute Gasteiger partial charge is 0.482 e. The molecule has 1 atom stereocenters. The van der Waals surface area contributed by atoms with Crippen LogP contribution in [-0.2, 0) is 36.8 Å². The maximum Gasteiger partial charge on any atom is 0.344 e. The summed E-state index contributed by atoms with van der Waals surface area (Å²) in [6.07, 6.45) is 0.360. The SMILES string of the molecule is COC(=O)[C@@H]1Cc2ccccc2CN1C(=O)COC(=O)COc1ccccc1C. The Labute approximate surface area is 169 Å². The lowest BCUT2D eigenvalue weighted by molar-refractivity contribution is -0.160. The van der Waals surface area contributed by atoms with Crippen LogP contribution in [0, 0.1) is 6.92 Å². The van der Waals surface area contributed by atoms with Crippen molar-refractivity contribution in [3.8, 4) is 5.75 Å². The van der Waals surface area contributed by atoms with E-state index in [0.29, 0.717) is 12.2 Å². The number of para-hydroxylation sites is 1. The molecule has 1 aliphatic heterocycles. The molecule has 29 heavy (non-hydrogen) atoms. The molecule has 0 unspecified atom stereocenters. The Bertz CT molecular complexity index is 910. The van der Waals surface area contributed by atoms with Gasteiger partial charge in [0.15, 0.2) is 13.2 Å². The number of carbonyl (C=O) groups excluding carboxylic acids is 3. The van der Waals surface area contributed by atoms with E-state index in [9.17, 15) is 14.4 Å². The van der Waals surface area contributed by atoms with Crippen LogP contribution in [-0.4, -0.2) is 49.1 Å². The highest BCUT2D eigenvalue weighted by atomic mass is 16.6. The number of carbonyl (C=O) groups is 3. The van der Waals surface area contributed by atoms with E-state index in [-0.39, 0.29) is 13.2 Å². The van der Waals surface area contributed by atoms with E-state index in [1.807, 2.05) is 43.3 Å². The zero-order valence-corrected chi connectivity index (χ0v) is 16.4. The van der Waals surface area contributed by atoms with E-state index in [2.05, 4.69) is 0 Å². The number of fused-ring (bicyclic) bond motifs is 1. The highest BCUT2D eigenvalue weighted by Crippen LogP contribution is 2.24. The van der Waals surface area contributed by atoms with Crippen LogP contribution >= 0.6 is 0 Å². The van der Waals surface area contributed by atoms with Crippen molar-refractivity contribution in [1.29, 1.82) is 0 Å². The van der Waals surface area contributed by atoms with Crippen LogP contribution in [0.2, 0.25) is 0 Å². The summed E-state index contributed by atoms with van der Waals surface area (Å²) in [6.45, 7) is 1.35. The minimum atomic E-state index is -0.746. The molecule has 0 saturated carbocycles. The normalized spacial score (nSPS) is 15.2. The van der Waals surface area contributed by atoms with Crippen LogP contribution in [0.3, 0.4) is 0 Å². The molecular formula is C22H23NO6. The first kappa shape index (κ1) is 20.4. The van der Waals surface area contributed by atoms with E-state index >= 15 is 0 Å². The van der Waals surface area contributed by atoms with Crippen molar-refractivity contribution < 1.29 is 28.6 Å². The Hall–Kier alpha value is -3.35. The molecule has 0 radical (unpaired) electrons. The van der Waals surface area contributed by atoms with Gasteiger partial charge in [0.05, 0.1) is 7.11 Å². The quantitative estimate of drug-likeness (QED) is 0.694. The summed E-state index contributed by atoms with van der Waals surface area (Å²) in [6, 6.07) is 14.1. The fourth-order valence-corrected chi connectivity index (χ4v) is 3.25. The summed E-state index contributed by atoms with van der Waals surface area (Å²) in [5, 5.41) is 0. The van der Waals surface area contributed by atoms with Crippen molar-refractivity contribution in [3.05, 3.63) is 65.2 Å². The number of hydrogen-bond acceptors (Lipinski definition) is 6. The molecule has 0 N–H and O–H groups in total. The third kappa shape index (κ3) is 4.93. The maximum absolute atomic E-state index is 12.7. The highest BCUT2D eigenvalue weighted by Gasteiger charge is 2.35. The fourth-order valence-electron chi connectivity index (χ4n) is 3.25. The molecule has 1 aliphatic rings. The molecule has 7 heteroatoms. The molecule has 2 aromatic rings. The van der Waals surface area contributed by atoms with E-state index in [4.69, 9.17) is 14.2 Å². The van der Waals surface area contributed by atoms with E-state index in [1.54, 1.807) is 12.1 Å². The molecular weight excluding hydrogens is 374 g/mol. The number of nitrogens with zero attached hydrogens (tertiary/aromatic N) is 1. The monoisotopic (exact) mass is 397 g/mol. The molecule has 7 nitrogen and oxygen atoms in total. The molecule has 0 aliphatic carbocycles. The minimum absolute atomic E-state index is 0.256. The predicted octanol–water partition coefficient (Wildman–Crippen LogP) is 2.04. The van der Waals surface area contributed by atoms with Gasteiger partial charge in [0.1, 0.15) is 11.8 Å². The van der Waals surface area contributed by atoms with Gasteiger partial charge >= 0.3 is 11.9 Å². The predicted molar refractivity (Wildman–Crippen MR) is 104 cm³/mol. The Morgan fingerprint density at radius 2 is 1.69 bits per heavy atom. The average molecular weight is 397 g/mol. The summed E-state index contributed by atoms with van der Waals surface area (Å²) >= 11 is 0. The second-order valence-corrected chi connectivity index (χ2v) is 6.75. The van der Waals surface area contributed by atoms with Gasteiger partial charge in [-0.25, -0.2) is 9.59 Å². The zero-order chi connectivity index (χ0) is 20.8.